The monoisotopic (exact) mass is 378 g/mol. The minimum Gasteiger partial charge on any atom is -0.326 e. The van der Waals surface area contributed by atoms with Crippen molar-refractivity contribution in [3.05, 3.63) is 32.8 Å². The number of nitro groups is 1. The number of benzene rings is 1. The standard InChI is InChI=1S/C11H12Br2N2O3/c12-6-2-1-3-11(16)14-8-4-5-9(13)10(7-8)15(17)18/h4-5,7H,1-3,6H2,(H,14,16). The van der Waals surface area contributed by atoms with Crippen LogP contribution in [0.5, 0.6) is 0 Å². The van der Waals surface area contributed by atoms with E-state index in [0.29, 0.717) is 16.6 Å². The van der Waals surface area contributed by atoms with E-state index in [-0.39, 0.29) is 11.6 Å². The van der Waals surface area contributed by atoms with E-state index in [1.54, 1.807) is 12.1 Å². The fourth-order valence-corrected chi connectivity index (χ4v) is 2.12. The number of nitrogens with zero attached hydrogens (tertiary/aromatic N) is 1. The SMILES string of the molecule is O=C(CCCCBr)Nc1ccc(Br)c([N+](=O)[O-])c1. The van der Waals surface area contributed by atoms with Crippen LogP contribution in [0.15, 0.2) is 22.7 Å². The Bertz CT molecular complexity index is 452. The van der Waals surface area contributed by atoms with Crippen LogP contribution in [-0.2, 0) is 4.79 Å². The molecule has 0 fully saturated rings. The number of alkyl halides is 1. The van der Waals surface area contributed by atoms with Crippen molar-refractivity contribution < 1.29 is 9.72 Å². The molecule has 98 valence electrons. The van der Waals surface area contributed by atoms with Crippen LogP contribution in [0.2, 0.25) is 0 Å². The van der Waals surface area contributed by atoms with Crippen LogP contribution in [-0.4, -0.2) is 16.2 Å². The molecule has 1 rings (SSSR count). The van der Waals surface area contributed by atoms with E-state index in [9.17, 15) is 14.9 Å². The van der Waals surface area contributed by atoms with E-state index in [1.165, 1.54) is 6.07 Å². The summed E-state index contributed by atoms with van der Waals surface area (Å²) in [6.45, 7) is 0. The molecule has 5 nitrogen and oxygen atoms in total. The van der Waals surface area contributed by atoms with E-state index in [0.717, 1.165) is 18.2 Å². The number of hydrogen-bond donors (Lipinski definition) is 1. The first-order valence-electron chi connectivity index (χ1n) is 5.34. The minimum atomic E-state index is -0.495. The lowest BCUT2D eigenvalue weighted by Crippen LogP contribution is -2.11. The van der Waals surface area contributed by atoms with Gasteiger partial charge in [0.05, 0.1) is 9.40 Å². The van der Waals surface area contributed by atoms with Crippen LogP contribution in [0.1, 0.15) is 19.3 Å². The molecule has 1 amide bonds. The Morgan fingerprint density at radius 3 is 2.72 bits per heavy atom. The molecular weight excluding hydrogens is 368 g/mol. The zero-order valence-electron chi connectivity index (χ0n) is 9.49. The number of carbonyl (C=O) groups is 1. The van der Waals surface area contributed by atoms with Gasteiger partial charge in [0.2, 0.25) is 5.91 Å². The van der Waals surface area contributed by atoms with Crippen LogP contribution in [0.3, 0.4) is 0 Å². The maximum Gasteiger partial charge on any atom is 0.285 e. The number of halogens is 2. The highest BCUT2D eigenvalue weighted by Crippen LogP contribution is 2.27. The molecular formula is C11H12Br2N2O3. The van der Waals surface area contributed by atoms with Gasteiger partial charge in [-0.2, -0.15) is 0 Å². The highest BCUT2D eigenvalue weighted by molar-refractivity contribution is 9.10. The quantitative estimate of drug-likeness (QED) is 0.353. The number of nitrogens with one attached hydrogen (secondary N) is 1. The maximum atomic E-state index is 11.5. The Kier molecular flexibility index (Phi) is 6.28. The molecule has 0 saturated heterocycles. The third-order valence-electron chi connectivity index (χ3n) is 2.21. The molecule has 0 aliphatic carbocycles. The van der Waals surface area contributed by atoms with Gasteiger partial charge in [0.15, 0.2) is 0 Å². The summed E-state index contributed by atoms with van der Waals surface area (Å²) in [7, 11) is 0. The van der Waals surface area contributed by atoms with Gasteiger partial charge in [-0.1, -0.05) is 15.9 Å². The molecule has 0 saturated carbocycles. The first-order valence-corrected chi connectivity index (χ1v) is 7.26. The van der Waals surface area contributed by atoms with Crippen molar-refractivity contribution in [1.82, 2.24) is 0 Å². The topological polar surface area (TPSA) is 72.2 Å². The number of nitro benzene ring substituents is 1. The first-order chi connectivity index (χ1) is 8.54. The van der Waals surface area contributed by atoms with Crippen LogP contribution in [0.25, 0.3) is 0 Å². The number of amides is 1. The van der Waals surface area contributed by atoms with Gasteiger partial charge in [0.25, 0.3) is 5.69 Å². The van der Waals surface area contributed by atoms with Crippen molar-refractivity contribution in [3.8, 4) is 0 Å². The molecule has 0 aliphatic rings. The molecule has 0 aromatic heterocycles. The van der Waals surface area contributed by atoms with Gasteiger partial charge in [-0.05, 0) is 40.9 Å². The predicted octanol–water partition coefficient (Wildman–Crippen LogP) is 3.86. The molecule has 0 bridgehead atoms. The second kappa shape index (κ2) is 7.48. The van der Waals surface area contributed by atoms with E-state index in [4.69, 9.17) is 0 Å². The molecule has 0 spiro atoms. The summed E-state index contributed by atoms with van der Waals surface area (Å²) in [5, 5.41) is 14.2. The number of unbranched alkanes of at least 4 members (excludes halogenated alkanes) is 1. The Morgan fingerprint density at radius 1 is 1.39 bits per heavy atom. The van der Waals surface area contributed by atoms with Crippen molar-refractivity contribution in [2.24, 2.45) is 0 Å². The summed E-state index contributed by atoms with van der Waals surface area (Å²) in [5.74, 6) is -0.132. The van der Waals surface area contributed by atoms with Crippen LogP contribution < -0.4 is 5.32 Å². The zero-order chi connectivity index (χ0) is 13.5. The largest absolute Gasteiger partial charge is 0.326 e. The predicted molar refractivity (Wildman–Crippen MR) is 77.1 cm³/mol. The fourth-order valence-electron chi connectivity index (χ4n) is 1.33. The highest BCUT2D eigenvalue weighted by atomic mass is 79.9. The fraction of sp³-hybridized carbons (Fsp3) is 0.364. The van der Waals surface area contributed by atoms with Crippen LogP contribution in [0.4, 0.5) is 11.4 Å². The molecule has 1 aromatic rings. The molecule has 0 radical (unpaired) electrons. The summed E-state index contributed by atoms with van der Waals surface area (Å²) in [4.78, 5) is 21.8. The van der Waals surface area contributed by atoms with Crippen molar-refractivity contribution in [2.45, 2.75) is 19.3 Å². The molecule has 7 heteroatoms. The number of rotatable bonds is 6. The number of anilines is 1. The summed E-state index contributed by atoms with van der Waals surface area (Å²) in [6.07, 6.45) is 2.12. The summed E-state index contributed by atoms with van der Waals surface area (Å²) in [6, 6.07) is 4.51. The average molecular weight is 380 g/mol. The molecule has 0 aliphatic heterocycles. The first kappa shape index (κ1) is 15.1. The Balaban J connectivity index is 2.65. The lowest BCUT2D eigenvalue weighted by molar-refractivity contribution is -0.385. The van der Waals surface area contributed by atoms with E-state index < -0.39 is 4.92 Å². The number of carbonyl (C=O) groups excluding carboxylic acids is 1. The molecule has 0 atom stereocenters. The summed E-state index contributed by atoms with van der Waals surface area (Å²) in [5.41, 5.74) is 0.377. The zero-order valence-corrected chi connectivity index (χ0v) is 12.7. The normalized spacial score (nSPS) is 10.1. The average Bonchev–Trinajstić information content (AvgIpc) is 2.31. The second-order valence-electron chi connectivity index (χ2n) is 3.62. The summed E-state index contributed by atoms with van der Waals surface area (Å²) >= 11 is 6.38. The minimum absolute atomic E-state index is 0.0618. The maximum absolute atomic E-state index is 11.5. The van der Waals surface area contributed by atoms with Gasteiger partial charge in [0, 0.05) is 23.5 Å². The molecule has 0 heterocycles. The lowest BCUT2D eigenvalue weighted by atomic mass is 10.2. The van der Waals surface area contributed by atoms with E-state index >= 15 is 0 Å². The van der Waals surface area contributed by atoms with Crippen LogP contribution >= 0.6 is 31.9 Å². The van der Waals surface area contributed by atoms with E-state index in [2.05, 4.69) is 37.2 Å². The third-order valence-corrected chi connectivity index (χ3v) is 3.45. The molecule has 1 N–H and O–H groups in total. The third kappa shape index (κ3) is 4.73. The van der Waals surface area contributed by atoms with Gasteiger partial charge in [0.1, 0.15) is 0 Å². The molecule has 18 heavy (non-hydrogen) atoms. The second-order valence-corrected chi connectivity index (χ2v) is 5.26. The lowest BCUT2D eigenvalue weighted by Gasteiger charge is -2.05. The van der Waals surface area contributed by atoms with Crippen LogP contribution in [0, 0.1) is 10.1 Å². The molecule has 1 aromatic carbocycles. The number of hydrogen-bond acceptors (Lipinski definition) is 3. The summed E-state index contributed by atoms with van der Waals surface area (Å²) < 4.78 is 0.393. The van der Waals surface area contributed by atoms with E-state index in [1.807, 2.05) is 0 Å². The Labute approximate surface area is 121 Å². The van der Waals surface area contributed by atoms with Gasteiger partial charge in [-0.25, -0.2) is 0 Å². The van der Waals surface area contributed by atoms with Gasteiger partial charge < -0.3 is 5.32 Å². The van der Waals surface area contributed by atoms with Crippen molar-refractivity contribution in [3.63, 3.8) is 0 Å². The highest BCUT2D eigenvalue weighted by Gasteiger charge is 2.13. The van der Waals surface area contributed by atoms with Gasteiger partial charge in [-0.15, -0.1) is 0 Å². The van der Waals surface area contributed by atoms with Gasteiger partial charge >= 0.3 is 0 Å². The smallest absolute Gasteiger partial charge is 0.285 e. The Hall–Kier alpha value is -0.950. The van der Waals surface area contributed by atoms with Crippen molar-refractivity contribution >= 4 is 49.1 Å². The van der Waals surface area contributed by atoms with Crippen molar-refractivity contribution in [1.29, 1.82) is 0 Å². The Morgan fingerprint density at radius 2 is 2.11 bits per heavy atom. The molecule has 0 unspecified atom stereocenters. The van der Waals surface area contributed by atoms with Gasteiger partial charge in [-0.3, -0.25) is 14.9 Å². The van der Waals surface area contributed by atoms with Crippen molar-refractivity contribution in [2.75, 3.05) is 10.6 Å².